The highest BCUT2D eigenvalue weighted by Crippen LogP contribution is 2.41. The van der Waals surface area contributed by atoms with Crippen LogP contribution >= 0.6 is 11.8 Å². The highest BCUT2D eigenvalue weighted by molar-refractivity contribution is 8.00. The number of nitrogens with one attached hydrogen (secondary N) is 1. The van der Waals surface area contributed by atoms with E-state index in [1.165, 1.54) is 18.7 Å². The van der Waals surface area contributed by atoms with E-state index in [1.807, 2.05) is 0 Å². The van der Waals surface area contributed by atoms with E-state index in [4.69, 9.17) is 19.9 Å². The maximum Gasteiger partial charge on any atom is 0.352 e. The van der Waals surface area contributed by atoms with Gasteiger partial charge in [0.05, 0.1) is 0 Å². The van der Waals surface area contributed by atoms with E-state index in [1.54, 1.807) is 18.2 Å². The Morgan fingerprint density at radius 1 is 1.39 bits per heavy atom. The average molecular weight is 449 g/mol. The molecule has 0 spiro atoms. The molecular formula is C19H19N3O8S. The van der Waals surface area contributed by atoms with Crippen LogP contribution in [0.1, 0.15) is 18.5 Å². The Labute approximate surface area is 180 Å². The van der Waals surface area contributed by atoms with E-state index < -0.39 is 41.2 Å². The standard InChI is InChI=1S/C19H19N3O8S/c1-8(23)28-5-9-6-31-18-13(17(25)22(18)14(9)19(26)27)21-16(24)12(20)10-3-2-4-11-15(10)30-7-29-11/h2-4,12-13,18H,5-7,20H2,1H3,(H,21,24)(H,26,27)/t12?,13-,18-/m1/s1. The zero-order chi connectivity index (χ0) is 22.3. The zero-order valence-electron chi connectivity index (χ0n) is 16.3. The lowest BCUT2D eigenvalue weighted by molar-refractivity contribution is -0.151. The number of carboxylic acids is 1. The maximum atomic E-state index is 12.7. The molecule has 0 aliphatic carbocycles. The molecule has 0 radical (unpaired) electrons. The number of carbonyl (C=O) groups is 4. The number of benzene rings is 1. The highest BCUT2D eigenvalue weighted by atomic mass is 32.2. The van der Waals surface area contributed by atoms with E-state index in [0.717, 1.165) is 4.90 Å². The minimum absolute atomic E-state index is 0.0233. The summed E-state index contributed by atoms with van der Waals surface area (Å²) in [5, 5.41) is 11.6. The summed E-state index contributed by atoms with van der Waals surface area (Å²) in [6.45, 7) is 1.02. The predicted octanol–water partition coefficient (Wildman–Crippen LogP) is -0.283. The van der Waals surface area contributed by atoms with Gasteiger partial charge in [0.15, 0.2) is 11.5 Å². The molecule has 3 aliphatic heterocycles. The molecular weight excluding hydrogens is 430 g/mol. The topological polar surface area (TPSA) is 157 Å². The van der Waals surface area contributed by atoms with Gasteiger partial charge in [0.2, 0.25) is 12.7 Å². The van der Waals surface area contributed by atoms with Crippen molar-refractivity contribution in [3.05, 3.63) is 35.0 Å². The van der Waals surface area contributed by atoms with E-state index in [9.17, 15) is 24.3 Å². The van der Waals surface area contributed by atoms with Gasteiger partial charge in [-0.25, -0.2) is 4.79 Å². The van der Waals surface area contributed by atoms with Crippen molar-refractivity contribution in [2.75, 3.05) is 19.2 Å². The molecule has 3 aliphatic rings. The van der Waals surface area contributed by atoms with Crippen molar-refractivity contribution in [3.63, 3.8) is 0 Å². The Bertz CT molecular complexity index is 1010. The molecule has 3 heterocycles. The lowest BCUT2D eigenvalue weighted by Crippen LogP contribution is -2.71. The number of rotatable bonds is 6. The summed E-state index contributed by atoms with van der Waals surface area (Å²) >= 11 is 1.27. The van der Waals surface area contributed by atoms with Crippen molar-refractivity contribution in [1.82, 2.24) is 10.2 Å². The molecule has 3 atom stereocenters. The summed E-state index contributed by atoms with van der Waals surface area (Å²) < 4.78 is 15.6. The minimum atomic E-state index is -1.31. The minimum Gasteiger partial charge on any atom is -0.477 e. The van der Waals surface area contributed by atoms with Crippen molar-refractivity contribution in [3.8, 4) is 11.5 Å². The molecule has 0 bridgehead atoms. The average Bonchev–Trinajstić information content (AvgIpc) is 3.23. The van der Waals surface area contributed by atoms with E-state index >= 15 is 0 Å². The molecule has 11 nitrogen and oxygen atoms in total. The molecule has 4 rings (SSSR count). The lowest BCUT2D eigenvalue weighted by atomic mass is 10.0. The molecule has 1 unspecified atom stereocenters. The first kappa shape index (κ1) is 21.0. The van der Waals surface area contributed by atoms with Gasteiger partial charge in [-0.2, -0.15) is 0 Å². The van der Waals surface area contributed by atoms with Crippen molar-refractivity contribution in [1.29, 1.82) is 0 Å². The third kappa shape index (κ3) is 3.68. The van der Waals surface area contributed by atoms with Gasteiger partial charge >= 0.3 is 11.9 Å². The summed E-state index contributed by atoms with van der Waals surface area (Å²) in [7, 11) is 0. The number of fused-ring (bicyclic) bond motifs is 2. The highest BCUT2D eigenvalue weighted by Gasteiger charge is 2.54. The Kier molecular flexibility index (Phi) is 5.50. The first-order valence-corrected chi connectivity index (χ1v) is 10.3. The second-order valence-electron chi connectivity index (χ2n) is 6.99. The number of nitrogens with two attached hydrogens (primary N) is 1. The Morgan fingerprint density at radius 3 is 2.87 bits per heavy atom. The van der Waals surface area contributed by atoms with Gasteiger partial charge < -0.3 is 30.4 Å². The number of ether oxygens (including phenoxy) is 3. The second-order valence-corrected chi connectivity index (χ2v) is 8.10. The molecule has 0 aromatic heterocycles. The van der Waals surface area contributed by atoms with Gasteiger partial charge in [-0.05, 0) is 6.07 Å². The summed E-state index contributed by atoms with van der Waals surface area (Å²) in [5.41, 5.74) is 6.59. The van der Waals surface area contributed by atoms with Crippen LogP contribution in [0.25, 0.3) is 0 Å². The molecule has 1 aromatic carbocycles. The van der Waals surface area contributed by atoms with Crippen LogP contribution in [0, 0.1) is 0 Å². The molecule has 4 N–H and O–H groups in total. The van der Waals surface area contributed by atoms with Gasteiger partial charge in [0.1, 0.15) is 29.8 Å². The fraction of sp³-hybridized carbons (Fsp3) is 0.368. The number of aliphatic carboxylic acids is 1. The fourth-order valence-corrected chi connectivity index (χ4v) is 4.89. The first-order valence-electron chi connectivity index (χ1n) is 9.27. The first-order chi connectivity index (χ1) is 14.8. The van der Waals surface area contributed by atoms with Crippen LogP contribution in [-0.2, 0) is 23.9 Å². The Balaban J connectivity index is 1.48. The normalized spacial score (nSPS) is 22.4. The van der Waals surface area contributed by atoms with Crippen LogP contribution in [0.4, 0.5) is 0 Å². The van der Waals surface area contributed by atoms with Crippen molar-refractivity contribution >= 4 is 35.5 Å². The van der Waals surface area contributed by atoms with Crippen LogP contribution in [0.2, 0.25) is 0 Å². The van der Waals surface area contributed by atoms with Crippen molar-refractivity contribution in [2.24, 2.45) is 5.73 Å². The number of thioether (sulfide) groups is 1. The van der Waals surface area contributed by atoms with Crippen LogP contribution in [-0.4, -0.2) is 64.3 Å². The SMILES string of the molecule is CC(=O)OCC1=C(C(=O)O)N2C(=O)[C@@H](NC(=O)C(N)c3cccc4c3OCO4)[C@H]2SC1. The van der Waals surface area contributed by atoms with Gasteiger partial charge in [0.25, 0.3) is 5.91 Å². The third-order valence-electron chi connectivity index (χ3n) is 5.04. The lowest BCUT2D eigenvalue weighted by Gasteiger charge is -2.49. The van der Waals surface area contributed by atoms with Crippen LogP contribution in [0.3, 0.4) is 0 Å². The monoisotopic (exact) mass is 449 g/mol. The number of esters is 1. The smallest absolute Gasteiger partial charge is 0.352 e. The van der Waals surface area contributed by atoms with Crippen LogP contribution in [0.5, 0.6) is 11.5 Å². The molecule has 31 heavy (non-hydrogen) atoms. The van der Waals surface area contributed by atoms with Gasteiger partial charge in [-0.15, -0.1) is 11.8 Å². The summed E-state index contributed by atoms with van der Waals surface area (Å²) in [6, 6.07) is 2.96. The van der Waals surface area contributed by atoms with E-state index in [2.05, 4.69) is 5.32 Å². The molecule has 12 heteroatoms. The molecule has 0 saturated carbocycles. The number of amides is 2. The summed E-state index contributed by atoms with van der Waals surface area (Å²) in [5.74, 6) is -1.95. The number of carboxylic acid groups (broad SMARTS) is 1. The fourth-order valence-electron chi connectivity index (χ4n) is 3.57. The molecule has 1 saturated heterocycles. The quantitative estimate of drug-likeness (QED) is 0.389. The van der Waals surface area contributed by atoms with Gasteiger partial charge in [0, 0.05) is 23.8 Å². The third-order valence-corrected chi connectivity index (χ3v) is 6.38. The second kappa shape index (κ2) is 8.12. The summed E-state index contributed by atoms with van der Waals surface area (Å²) in [4.78, 5) is 49.3. The van der Waals surface area contributed by atoms with Crippen LogP contribution in [0.15, 0.2) is 29.5 Å². The number of β-lactam (4-membered cyclic amide) rings is 1. The zero-order valence-corrected chi connectivity index (χ0v) is 17.1. The molecule has 1 fully saturated rings. The summed E-state index contributed by atoms with van der Waals surface area (Å²) in [6.07, 6.45) is 0. The molecule has 2 amide bonds. The number of hydrogen-bond acceptors (Lipinski definition) is 9. The van der Waals surface area contributed by atoms with Crippen molar-refractivity contribution < 1.29 is 38.5 Å². The van der Waals surface area contributed by atoms with Crippen molar-refractivity contribution in [2.45, 2.75) is 24.4 Å². The Hall–Kier alpha value is -3.25. The molecule has 1 aromatic rings. The maximum absolute atomic E-state index is 12.7. The number of carbonyl (C=O) groups excluding carboxylic acids is 3. The van der Waals surface area contributed by atoms with Gasteiger partial charge in [-0.3, -0.25) is 19.3 Å². The number of nitrogens with zero attached hydrogens (tertiary/aromatic N) is 1. The number of para-hydroxylation sites is 1. The number of hydrogen-bond donors (Lipinski definition) is 3. The molecule has 164 valence electrons. The van der Waals surface area contributed by atoms with E-state index in [0.29, 0.717) is 22.6 Å². The van der Waals surface area contributed by atoms with Gasteiger partial charge in [-0.1, -0.05) is 12.1 Å². The largest absolute Gasteiger partial charge is 0.477 e. The predicted molar refractivity (Wildman–Crippen MR) is 106 cm³/mol. The van der Waals surface area contributed by atoms with Crippen LogP contribution < -0.4 is 20.5 Å². The van der Waals surface area contributed by atoms with E-state index in [-0.39, 0.29) is 24.8 Å². The Morgan fingerprint density at radius 2 is 2.16 bits per heavy atom.